The summed E-state index contributed by atoms with van der Waals surface area (Å²) in [7, 11) is -0.973. The van der Waals surface area contributed by atoms with Gasteiger partial charge in [-0.15, -0.1) is 0 Å². The zero-order chi connectivity index (χ0) is 14.0. The van der Waals surface area contributed by atoms with E-state index < -0.39 is 26.5 Å². The second-order valence-electron chi connectivity index (χ2n) is 7.24. The topological polar surface area (TPSA) is 27.1 Å². The summed E-state index contributed by atoms with van der Waals surface area (Å²) in [6.07, 6.45) is 2.21. The van der Waals surface area contributed by atoms with Gasteiger partial charge in [-0.25, -0.2) is 0 Å². The van der Waals surface area contributed by atoms with Crippen LogP contribution in [0.4, 0.5) is 0 Å². The molecule has 0 bridgehead atoms. The molecule has 5 heteroatoms. The monoisotopic (exact) mass is 376 g/mol. The predicted octanol–water partition coefficient (Wildman–Crippen LogP) is 3.05. The quantitative estimate of drug-likeness (QED) is 0.565. The van der Waals surface area contributed by atoms with Crippen LogP contribution in [0.2, 0.25) is 40.5 Å². The molecule has 0 aromatic carbocycles. The summed E-state index contributed by atoms with van der Waals surface area (Å²) in [5.41, 5.74) is 0. The first-order chi connectivity index (χ1) is 8.09. The number of ether oxygens (including phenoxy) is 1. The summed E-state index contributed by atoms with van der Waals surface area (Å²) in [4.78, 5) is 11.9. The molecule has 0 amide bonds. The molecule has 0 atom stereocenters. The Kier molecular flexibility index (Phi) is 5.50. The van der Waals surface area contributed by atoms with Gasteiger partial charge in [-0.2, -0.15) is 0 Å². The number of imidazole rings is 1. The Bertz CT molecular complexity index is 391. The van der Waals surface area contributed by atoms with E-state index >= 15 is 0 Å². The van der Waals surface area contributed by atoms with Gasteiger partial charge in [0.2, 0.25) is 0 Å². The summed E-state index contributed by atoms with van der Waals surface area (Å²) in [6, 6.07) is 1.23. The van der Waals surface area contributed by atoms with Gasteiger partial charge in [-0.3, -0.25) is 0 Å². The molecule has 0 aliphatic carbocycles. The van der Waals surface area contributed by atoms with Crippen LogP contribution in [-0.4, -0.2) is 42.6 Å². The van der Waals surface area contributed by atoms with Gasteiger partial charge in [0.15, 0.2) is 0 Å². The first-order valence-corrected chi connectivity index (χ1v) is 20.4. The van der Waals surface area contributed by atoms with E-state index in [9.17, 15) is 0 Å². The molecule has 0 unspecified atom stereocenters. The van der Waals surface area contributed by atoms with E-state index in [1.807, 2.05) is 0 Å². The van der Waals surface area contributed by atoms with Crippen LogP contribution in [-0.2, 0) is 11.5 Å². The van der Waals surface area contributed by atoms with Crippen molar-refractivity contribution in [3.05, 3.63) is 12.0 Å². The van der Waals surface area contributed by atoms with Gasteiger partial charge in [0, 0.05) is 0 Å². The fourth-order valence-electron chi connectivity index (χ4n) is 1.54. The zero-order valence-corrected chi connectivity index (χ0v) is 16.9. The number of hydrogen-bond acceptors (Lipinski definition) is 2. The second-order valence-corrected chi connectivity index (χ2v) is 27.2. The molecule has 0 saturated heterocycles. The summed E-state index contributed by atoms with van der Waals surface area (Å²) >= 11 is -2.02. The molecule has 1 aromatic rings. The fourth-order valence-corrected chi connectivity index (χ4v) is 5.27. The van der Waals surface area contributed by atoms with Crippen molar-refractivity contribution in [1.29, 1.82) is 0 Å². The Balaban J connectivity index is 2.51. The third-order valence-electron chi connectivity index (χ3n) is 2.97. The fraction of sp³-hybridized carbons (Fsp3) is 0.769. The number of aromatic nitrogens is 2. The van der Waals surface area contributed by atoms with Gasteiger partial charge in [-0.05, 0) is 0 Å². The van der Waals surface area contributed by atoms with Crippen LogP contribution < -0.4 is 3.71 Å². The minimum absolute atomic E-state index is 0.658. The summed E-state index contributed by atoms with van der Waals surface area (Å²) in [5.74, 6) is 1.09. The average Bonchev–Trinajstić information content (AvgIpc) is 2.53. The Morgan fingerprint density at radius 1 is 1.28 bits per heavy atom. The Morgan fingerprint density at radius 3 is 2.33 bits per heavy atom. The first-order valence-electron chi connectivity index (χ1n) is 6.71. The van der Waals surface area contributed by atoms with Crippen LogP contribution in [0.15, 0.2) is 6.20 Å². The van der Waals surface area contributed by atoms with Crippen molar-refractivity contribution in [2.24, 2.45) is 0 Å². The molecule has 18 heavy (non-hydrogen) atoms. The molecular weight excluding hydrogens is 347 g/mol. The van der Waals surface area contributed by atoms with Crippen LogP contribution >= 0.6 is 0 Å². The molecule has 3 nitrogen and oxygen atoms in total. The molecule has 0 aliphatic rings. The van der Waals surface area contributed by atoms with E-state index in [1.165, 1.54) is 9.75 Å². The van der Waals surface area contributed by atoms with Gasteiger partial charge in [-0.1, -0.05) is 0 Å². The molecule has 0 spiro atoms. The van der Waals surface area contributed by atoms with E-state index in [0.717, 1.165) is 12.4 Å². The molecule has 0 radical (unpaired) electrons. The summed E-state index contributed by atoms with van der Waals surface area (Å²) < 4.78 is 9.28. The molecule has 104 valence electrons. The van der Waals surface area contributed by atoms with Crippen LogP contribution in [0.25, 0.3) is 0 Å². The Labute approximate surface area is 117 Å². The van der Waals surface area contributed by atoms with Crippen LogP contribution in [0.5, 0.6) is 0 Å². The summed E-state index contributed by atoms with van der Waals surface area (Å²) in [5, 5.41) is 0. The Morgan fingerprint density at radius 2 is 1.89 bits per heavy atom. The molecule has 1 rings (SSSR count). The van der Waals surface area contributed by atoms with Crippen LogP contribution in [0.3, 0.4) is 0 Å². The predicted molar refractivity (Wildman–Crippen MR) is 84.0 cm³/mol. The SMILES string of the molecule is Cc1n[c]([Sn]([CH3])([CH3])[CH3])cn1COCC[Si](C)(C)C. The average molecular weight is 375 g/mol. The third-order valence-corrected chi connectivity index (χ3v) is 9.75. The number of nitrogens with zero attached hydrogens (tertiary/aromatic N) is 2. The number of hydrogen-bond donors (Lipinski definition) is 0. The van der Waals surface area contributed by atoms with Crippen molar-refractivity contribution in [2.45, 2.75) is 54.2 Å². The normalized spacial score (nSPS) is 13.1. The van der Waals surface area contributed by atoms with E-state index in [-0.39, 0.29) is 0 Å². The molecule has 1 aromatic heterocycles. The number of rotatable bonds is 6. The molecule has 0 fully saturated rings. The minimum atomic E-state index is -2.02. The van der Waals surface area contributed by atoms with Gasteiger partial charge >= 0.3 is 117 Å². The van der Waals surface area contributed by atoms with Crippen molar-refractivity contribution in [1.82, 2.24) is 9.55 Å². The van der Waals surface area contributed by atoms with Crippen molar-refractivity contribution in [3.63, 3.8) is 0 Å². The maximum absolute atomic E-state index is 5.78. The van der Waals surface area contributed by atoms with Gasteiger partial charge in [0.25, 0.3) is 0 Å². The maximum atomic E-state index is 5.78. The van der Waals surface area contributed by atoms with Gasteiger partial charge in [0.1, 0.15) is 0 Å². The third kappa shape index (κ3) is 5.44. The molecule has 1 heterocycles. The van der Waals surface area contributed by atoms with Crippen LogP contribution in [0.1, 0.15) is 5.82 Å². The van der Waals surface area contributed by atoms with Crippen molar-refractivity contribution in [3.8, 4) is 0 Å². The van der Waals surface area contributed by atoms with Crippen molar-refractivity contribution < 1.29 is 4.74 Å². The standard InChI is InChI=1S/C10H19N2OSi.3CH3.Sn/c1-10-11-5-6-12(10)9-13-7-8-14(2,3)4;;;;/h6H,7-9H2,1-4H3;3*1H3;. The first kappa shape index (κ1) is 16.2. The molecule has 0 N–H and O–H groups in total. The Hall–Kier alpha value is 0.186. The zero-order valence-electron chi connectivity index (χ0n) is 13.0. The van der Waals surface area contributed by atoms with Crippen LogP contribution in [0, 0.1) is 6.92 Å². The summed E-state index contributed by atoms with van der Waals surface area (Å²) in [6.45, 7) is 10.7. The molecule has 0 saturated carbocycles. The molecular formula is C13H28N2OSiSn. The molecule has 0 aliphatic heterocycles. The van der Waals surface area contributed by atoms with Gasteiger partial charge < -0.3 is 0 Å². The second kappa shape index (κ2) is 6.09. The van der Waals surface area contributed by atoms with E-state index in [2.05, 4.69) is 52.1 Å². The number of aryl methyl sites for hydroxylation is 1. The van der Waals surface area contributed by atoms with E-state index in [4.69, 9.17) is 9.72 Å². The van der Waals surface area contributed by atoms with E-state index in [1.54, 1.807) is 0 Å². The van der Waals surface area contributed by atoms with Crippen molar-refractivity contribution >= 4 is 30.2 Å². The van der Waals surface area contributed by atoms with Gasteiger partial charge in [0.05, 0.1) is 0 Å². The van der Waals surface area contributed by atoms with Crippen molar-refractivity contribution in [2.75, 3.05) is 6.61 Å². The van der Waals surface area contributed by atoms with E-state index in [0.29, 0.717) is 6.73 Å².